The predicted octanol–water partition coefficient (Wildman–Crippen LogP) is 0.993. The number of likely N-dealkylation sites (tertiary alicyclic amines) is 1. The minimum Gasteiger partial charge on any atom is -0.497 e. The van der Waals surface area contributed by atoms with Crippen molar-refractivity contribution in [1.29, 1.82) is 0 Å². The maximum absolute atomic E-state index is 14.1. The smallest absolute Gasteiger partial charge is 0.156 e. The molecule has 128 valence electrons. The van der Waals surface area contributed by atoms with Crippen molar-refractivity contribution in [2.24, 2.45) is 5.92 Å². The molecule has 5 nitrogen and oxygen atoms in total. The molecule has 0 aliphatic carbocycles. The third kappa shape index (κ3) is 3.09. The number of sulfone groups is 1. The molecule has 2 saturated heterocycles. The molecule has 2 fully saturated rings. The van der Waals surface area contributed by atoms with Crippen LogP contribution in [0, 0.1) is 11.7 Å². The van der Waals surface area contributed by atoms with Crippen molar-refractivity contribution in [3.63, 3.8) is 0 Å². The predicted molar refractivity (Wildman–Crippen MR) is 86.8 cm³/mol. The van der Waals surface area contributed by atoms with Crippen molar-refractivity contribution in [1.82, 2.24) is 9.80 Å². The van der Waals surface area contributed by atoms with Crippen LogP contribution >= 0.6 is 0 Å². The van der Waals surface area contributed by atoms with Crippen LogP contribution in [0.5, 0.6) is 5.75 Å². The molecule has 0 bridgehead atoms. The van der Waals surface area contributed by atoms with E-state index in [1.807, 2.05) is 23.9 Å². The molecule has 0 spiro atoms. The highest BCUT2D eigenvalue weighted by Crippen LogP contribution is 2.36. The van der Waals surface area contributed by atoms with Gasteiger partial charge in [0.25, 0.3) is 0 Å². The van der Waals surface area contributed by atoms with Crippen LogP contribution in [0.1, 0.15) is 5.56 Å². The van der Waals surface area contributed by atoms with Crippen LogP contribution in [0.3, 0.4) is 0 Å². The van der Waals surface area contributed by atoms with Crippen LogP contribution in [-0.4, -0.2) is 69.6 Å². The molecule has 3 rings (SSSR count). The molecule has 1 aromatic rings. The molecule has 2 heterocycles. The van der Waals surface area contributed by atoms with Gasteiger partial charge >= 0.3 is 0 Å². The Kier molecular flexibility index (Phi) is 4.37. The molecule has 0 radical (unpaired) electrons. The van der Waals surface area contributed by atoms with Gasteiger partial charge in [-0.05, 0) is 20.2 Å². The molecule has 3 atom stereocenters. The average Bonchev–Trinajstić information content (AvgIpc) is 3.00. The molecule has 1 aromatic carbocycles. The summed E-state index contributed by atoms with van der Waals surface area (Å²) in [4.78, 5) is 4.05. The quantitative estimate of drug-likeness (QED) is 0.817. The van der Waals surface area contributed by atoms with Crippen LogP contribution in [-0.2, 0) is 16.4 Å². The number of hydrogen-bond donors (Lipinski definition) is 0. The van der Waals surface area contributed by atoms with Crippen molar-refractivity contribution < 1.29 is 17.5 Å². The van der Waals surface area contributed by atoms with Gasteiger partial charge in [-0.1, -0.05) is 6.07 Å². The van der Waals surface area contributed by atoms with E-state index in [0.29, 0.717) is 30.9 Å². The first-order valence-corrected chi connectivity index (χ1v) is 9.46. The van der Waals surface area contributed by atoms with Crippen LogP contribution in [0.2, 0.25) is 0 Å². The summed E-state index contributed by atoms with van der Waals surface area (Å²) in [7, 11) is 2.29. The van der Waals surface area contributed by atoms with E-state index < -0.39 is 9.84 Å². The van der Waals surface area contributed by atoms with Gasteiger partial charge in [0, 0.05) is 43.2 Å². The number of benzene rings is 1. The second-order valence-corrected chi connectivity index (χ2v) is 8.98. The summed E-state index contributed by atoms with van der Waals surface area (Å²) in [5.41, 5.74) is 0.574. The van der Waals surface area contributed by atoms with Crippen LogP contribution in [0.25, 0.3) is 0 Å². The molecule has 0 N–H and O–H groups in total. The Morgan fingerprint density at radius 2 is 2.09 bits per heavy atom. The SMILES string of the molecule is COc1ccc(CN2C[C@H]3[C@H](N(C)C)CS(=O)(=O)[C@H]3C2)c(F)c1. The highest BCUT2D eigenvalue weighted by Gasteiger charge is 2.52. The normalized spacial score (nSPS) is 29.9. The molecule has 7 heteroatoms. The molecular weight excluding hydrogens is 319 g/mol. The van der Waals surface area contributed by atoms with Gasteiger partial charge in [-0.3, -0.25) is 4.90 Å². The second kappa shape index (κ2) is 6.03. The number of methoxy groups -OCH3 is 1. The van der Waals surface area contributed by atoms with E-state index in [0.717, 1.165) is 0 Å². The maximum Gasteiger partial charge on any atom is 0.156 e. The lowest BCUT2D eigenvalue weighted by Gasteiger charge is -2.25. The molecule has 2 aliphatic heterocycles. The topological polar surface area (TPSA) is 49.9 Å². The lowest BCUT2D eigenvalue weighted by atomic mass is 10.00. The molecule has 0 unspecified atom stereocenters. The van der Waals surface area contributed by atoms with Crippen molar-refractivity contribution in [3.8, 4) is 5.75 Å². The Morgan fingerprint density at radius 1 is 1.35 bits per heavy atom. The molecule has 0 saturated carbocycles. The molecule has 2 aliphatic rings. The molecule has 0 amide bonds. The summed E-state index contributed by atoms with van der Waals surface area (Å²) in [5, 5.41) is -0.323. The first-order chi connectivity index (χ1) is 10.8. The standard InChI is InChI=1S/C16H23FN2O3S/c1-18(2)15-10-23(20,21)16-9-19(8-13(15)16)7-11-4-5-12(22-3)6-14(11)17/h4-6,13,15-16H,7-10H2,1-3H3/t13-,15+,16-/m0/s1. The van der Waals surface area contributed by atoms with Gasteiger partial charge < -0.3 is 9.64 Å². The summed E-state index contributed by atoms with van der Waals surface area (Å²) in [5.74, 6) is 0.518. The number of hydrogen-bond acceptors (Lipinski definition) is 5. The number of halogens is 1. The Balaban J connectivity index is 1.75. The van der Waals surface area contributed by atoms with E-state index in [4.69, 9.17) is 4.74 Å². The Hall–Kier alpha value is -1.18. The lowest BCUT2D eigenvalue weighted by Crippen LogP contribution is -2.37. The van der Waals surface area contributed by atoms with E-state index in [1.54, 1.807) is 12.1 Å². The average molecular weight is 342 g/mol. The van der Waals surface area contributed by atoms with E-state index in [2.05, 4.69) is 0 Å². The zero-order valence-electron chi connectivity index (χ0n) is 13.7. The number of ether oxygens (including phenoxy) is 1. The van der Waals surface area contributed by atoms with Gasteiger partial charge in [0.1, 0.15) is 11.6 Å². The van der Waals surface area contributed by atoms with Crippen LogP contribution < -0.4 is 4.74 Å². The third-order valence-corrected chi connectivity index (χ3v) is 7.29. The monoisotopic (exact) mass is 342 g/mol. The summed E-state index contributed by atoms with van der Waals surface area (Å²) in [6.45, 7) is 1.61. The highest BCUT2D eigenvalue weighted by atomic mass is 32.2. The molecular formula is C16H23FN2O3S. The number of nitrogens with zero attached hydrogens (tertiary/aromatic N) is 2. The van der Waals surface area contributed by atoms with Gasteiger partial charge in [-0.15, -0.1) is 0 Å². The van der Waals surface area contributed by atoms with Gasteiger partial charge in [0.2, 0.25) is 0 Å². The lowest BCUT2D eigenvalue weighted by molar-refractivity contribution is 0.229. The first kappa shape index (κ1) is 16.7. The Bertz CT molecular complexity index is 693. The number of fused-ring (bicyclic) bond motifs is 1. The summed E-state index contributed by atoms with van der Waals surface area (Å²) in [6.07, 6.45) is 0. The zero-order chi connectivity index (χ0) is 16.8. The first-order valence-electron chi connectivity index (χ1n) is 7.74. The third-order valence-electron chi connectivity index (χ3n) is 5.06. The largest absolute Gasteiger partial charge is 0.497 e. The fourth-order valence-electron chi connectivity index (χ4n) is 3.80. The van der Waals surface area contributed by atoms with Crippen molar-refractivity contribution in [2.45, 2.75) is 17.8 Å². The van der Waals surface area contributed by atoms with Gasteiger partial charge in [0.05, 0.1) is 18.1 Å². The molecule has 0 aromatic heterocycles. The highest BCUT2D eigenvalue weighted by molar-refractivity contribution is 7.92. The van der Waals surface area contributed by atoms with Gasteiger partial charge in [-0.25, -0.2) is 12.8 Å². The van der Waals surface area contributed by atoms with Crippen LogP contribution in [0.15, 0.2) is 18.2 Å². The molecule has 23 heavy (non-hydrogen) atoms. The summed E-state index contributed by atoms with van der Waals surface area (Å²) in [6, 6.07) is 4.86. The van der Waals surface area contributed by atoms with Crippen molar-refractivity contribution in [2.75, 3.05) is 40.0 Å². The number of rotatable bonds is 4. The maximum atomic E-state index is 14.1. The van der Waals surface area contributed by atoms with Crippen molar-refractivity contribution in [3.05, 3.63) is 29.6 Å². The zero-order valence-corrected chi connectivity index (χ0v) is 14.5. The Labute approximate surface area is 136 Å². The summed E-state index contributed by atoms with van der Waals surface area (Å²) < 4.78 is 43.8. The summed E-state index contributed by atoms with van der Waals surface area (Å²) >= 11 is 0. The van der Waals surface area contributed by atoms with E-state index in [9.17, 15) is 12.8 Å². The Morgan fingerprint density at radius 3 is 2.70 bits per heavy atom. The van der Waals surface area contributed by atoms with Crippen molar-refractivity contribution >= 4 is 9.84 Å². The van der Waals surface area contributed by atoms with Gasteiger partial charge in [0.15, 0.2) is 9.84 Å². The van der Waals surface area contributed by atoms with Crippen LogP contribution in [0.4, 0.5) is 4.39 Å². The van der Waals surface area contributed by atoms with E-state index in [-0.39, 0.29) is 28.8 Å². The second-order valence-electron chi connectivity index (χ2n) is 6.71. The van der Waals surface area contributed by atoms with Gasteiger partial charge in [-0.2, -0.15) is 0 Å². The van der Waals surface area contributed by atoms with E-state index >= 15 is 0 Å². The minimum absolute atomic E-state index is 0.0516. The van der Waals surface area contributed by atoms with E-state index in [1.165, 1.54) is 13.2 Å². The fraction of sp³-hybridized carbons (Fsp3) is 0.625. The minimum atomic E-state index is -3.06. The fourth-order valence-corrected chi connectivity index (χ4v) is 6.31.